The lowest BCUT2D eigenvalue weighted by Crippen LogP contribution is -2.32. The lowest BCUT2D eigenvalue weighted by molar-refractivity contribution is 0.423. The maximum Gasteiger partial charge on any atom is 0.491 e. The highest BCUT2D eigenvalue weighted by atomic mass is 35.5. The maximum absolute atomic E-state index is 14.2. The van der Waals surface area contributed by atoms with Gasteiger partial charge in [0.25, 0.3) is 0 Å². The van der Waals surface area contributed by atoms with Crippen LogP contribution in [0.4, 0.5) is 8.78 Å². The lowest BCUT2D eigenvalue weighted by atomic mass is 9.80. The quantitative estimate of drug-likeness (QED) is 0.164. The van der Waals surface area contributed by atoms with E-state index in [2.05, 4.69) is 29.9 Å². The summed E-state index contributed by atoms with van der Waals surface area (Å²) in [5, 5.41) is 17.2. The molecule has 8 nitrogen and oxygen atoms in total. The normalized spacial score (nSPS) is 10.3. The summed E-state index contributed by atoms with van der Waals surface area (Å²) in [6.45, 7) is 0. The zero-order valence-corrected chi connectivity index (χ0v) is 29.2. The Bertz CT molecular complexity index is 2300. The third kappa shape index (κ3) is 9.87. The van der Waals surface area contributed by atoms with Crippen LogP contribution in [0.1, 0.15) is 0 Å². The third-order valence-electron chi connectivity index (χ3n) is 7.67. The Morgan fingerprint density at radius 3 is 1.04 bits per heavy atom. The minimum absolute atomic E-state index is 0.0949. The molecule has 0 amide bonds. The van der Waals surface area contributed by atoms with Crippen LogP contribution in [0.15, 0.2) is 170 Å². The first-order chi connectivity index (χ1) is 26.4. The van der Waals surface area contributed by atoms with Crippen molar-refractivity contribution >= 4 is 24.2 Å². The van der Waals surface area contributed by atoms with Gasteiger partial charge in [-0.25, -0.2) is 28.7 Å². The number of hydrogen-bond donors (Lipinski definition) is 2. The summed E-state index contributed by atoms with van der Waals surface area (Å²) in [7, 11) is -1.72. The fraction of sp³-hybridized carbons (Fsp3) is 0. The summed E-state index contributed by atoms with van der Waals surface area (Å²) in [4.78, 5) is 26.4. The van der Waals surface area contributed by atoms with Gasteiger partial charge in [0.05, 0.1) is 5.56 Å². The van der Waals surface area contributed by atoms with E-state index in [1.807, 2.05) is 121 Å². The van der Waals surface area contributed by atoms with E-state index in [9.17, 15) is 8.78 Å². The molecular weight excluding hydrogens is 705 g/mol. The predicted octanol–water partition coefficient (Wildman–Crippen LogP) is 8.38. The van der Waals surface area contributed by atoms with Gasteiger partial charge in [-0.1, -0.05) is 152 Å². The van der Waals surface area contributed by atoms with Gasteiger partial charge in [-0.2, -0.15) is 9.97 Å². The maximum atomic E-state index is 14.2. The first kappa shape index (κ1) is 37.2. The highest BCUT2D eigenvalue weighted by Gasteiger charge is 2.15. The molecule has 2 N–H and O–H groups in total. The lowest BCUT2D eigenvalue weighted by Gasteiger charge is -2.08. The first-order valence-corrected chi connectivity index (χ1v) is 17.0. The van der Waals surface area contributed by atoms with Crippen LogP contribution in [0.2, 0.25) is 5.28 Å². The van der Waals surface area contributed by atoms with E-state index in [4.69, 9.17) is 21.6 Å². The molecule has 0 spiro atoms. The van der Waals surface area contributed by atoms with Crippen LogP contribution < -0.4 is 5.46 Å². The van der Waals surface area contributed by atoms with Crippen LogP contribution in [0.25, 0.3) is 56.9 Å². The molecule has 0 saturated carbocycles. The van der Waals surface area contributed by atoms with Crippen LogP contribution >= 0.6 is 11.6 Å². The summed E-state index contributed by atoms with van der Waals surface area (Å²) in [6.07, 6.45) is 0. The van der Waals surface area contributed by atoms with E-state index in [0.29, 0.717) is 34.7 Å². The van der Waals surface area contributed by atoms with Crippen LogP contribution in [-0.4, -0.2) is 47.1 Å². The predicted molar refractivity (Wildman–Crippen MR) is 208 cm³/mol. The van der Waals surface area contributed by atoms with Gasteiger partial charge in [0, 0.05) is 27.7 Å². The molecule has 0 fully saturated rings. The van der Waals surface area contributed by atoms with Crippen molar-refractivity contribution in [2.75, 3.05) is 0 Å². The van der Waals surface area contributed by atoms with Crippen LogP contribution in [-0.2, 0) is 0 Å². The summed E-state index contributed by atoms with van der Waals surface area (Å²) in [5.74, 6) is 1.58. The van der Waals surface area contributed by atoms with Crippen LogP contribution in [0.5, 0.6) is 0 Å². The summed E-state index contributed by atoms with van der Waals surface area (Å²) in [5.41, 5.74) is 3.83. The van der Waals surface area contributed by atoms with Crippen LogP contribution in [0, 0.1) is 11.6 Å². The number of benzene rings is 6. The molecule has 8 aromatic rings. The van der Waals surface area contributed by atoms with Crippen molar-refractivity contribution in [2.24, 2.45) is 0 Å². The molecule has 0 aliphatic carbocycles. The minimum Gasteiger partial charge on any atom is -0.423 e. The Kier molecular flexibility index (Phi) is 12.6. The van der Waals surface area contributed by atoms with Crippen molar-refractivity contribution in [1.29, 1.82) is 0 Å². The van der Waals surface area contributed by atoms with Crippen molar-refractivity contribution in [3.8, 4) is 56.9 Å². The number of nitrogens with zero attached hydrogens (tertiary/aromatic N) is 6. The second-order valence-corrected chi connectivity index (χ2v) is 11.7. The summed E-state index contributed by atoms with van der Waals surface area (Å²) in [6, 6.07) is 50.7. The van der Waals surface area contributed by atoms with Crippen LogP contribution in [0.3, 0.4) is 0 Å². The van der Waals surface area contributed by atoms with Crippen molar-refractivity contribution in [1.82, 2.24) is 29.9 Å². The molecule has 2 aromatic heterocycles. The van der Waals surface area contributed by atoms with E-state index < -0.39 is 12.9 Å². The fourth-order valence-corrected chi connectivity index (χ4v) is 5.20. The minimum atomic E-state index is -1.72. The molecule has 2 heterocycles. The average molecular weight is 735 g/mol. The Morgan fingerprint density at radius 1 is 0.370 bits per heavy atom. The van der Waals surface area contributed by atoms with Gasteiger partial charge in [0.2, 0.25) is 5.28 Å². The number of aromatic nitrogens is 6. The summed E-state index contributed by atoms with van der Waals surface area (Å²) >= 11 is 5.99. The van der Waals surface area contributed by atoms with Gasteiger partial charge in [0.15, 0.2) is 29.1 Å². The molecule has 264 valence electrons. The second-order valence-electron chi connectivity index (χ2n) is 11.4. The van der Waals surface area contributed by atoms with Gasteiger partial charge in [-0.05, 0) is 29.8 Å². The standard InChI is InChI=1S/C21H14FN3.C15H10ClN3.C6H6BFO2/c22-18-14-8-7-13-17(18)21-24-19(15-9-3-1-4-10-15)23-20(25-21)16-11-5-2-6-12-16;16-15-18-13(11-7-3-1-4-8-11)17-14(19-15)12-9-5-2-6-10-12;8-6-4-2-1-3-5(6)7(9)10/h1-14H;1-10H;1-4,9-10H. The molecule has 0 aliphatic rings. The van der Waals surface area contributed by atoms with Crippen molar-refractivity contribution in [3.05, 3.63) is 187 Å². The molecule has 12 heteroatoms. The molecule has 0 bridgehead atoms. The second kappa shape index (κ2) is 18.3. The van der Waals surface area contributed by atoms with Gasteiger partial charge >= 0.3 is 7.12 Å². The van der Waals surface area contributed by atoms with E-state index in [0.717, 1.165) is 22.3 Å². The Balaban J connectivity index is 0.000000151. The summed E-state index contributed by atoms with van der Waals surface area (Å²) < 4.78 is 26.8. The monoisotopic (exact) mass is 734 g/mol. The highest BCUT2D eigenvalue weighted by molar-refractivity contribution is 6.58. The van der Waals surface area contributed by atoms with E-state index >= 15 is 0 Å². The largest absolute Gasteiger partial charge is 0.491 e. The molecule has 8 rings (SSSR count). The molecule has 0 saturated heterocycles. The zero-order chi connectivity index (χ0) is 37.7. The molecule has 0 atom stereocenters. The van der Waals surface area contributed by atoms with Gasteiger partial charge < -0.3 is 10.0 Å². The average Bonchev–Trinajstić information content (AvgIpc) is 3.22. The Morgan fingerprint density at radius 2 is 0.685 bits per heavy atom. The highest BCUT2D eigenvalue weighted by Crippen LogP contribution is 2.26. The fourth-order valence-electron chi connectivity index (χ4n) is 5.04. The van der Waals surface area contributed by atoms with E-state index in [1.165, 1.54) is 30.3 Å². The van der Waals surface area contributed by atoms with Gasteiger partial charge in [-0.3, -0.25) is 0 Å². The number of hydrogen-bond acceptors (Lipinski definition) is 8. The Labute approximate surface area is 315 Å². The zero-order valence-electron chi connectivity index (χ0n) is 28.5. The molecule has 0 radical (unpaired) electrons. The molecule has 0 unspecified atom stereocenters. The number of rotatable bonds is 6. The van der Waals surface area contributed by atoms with Gasteiger partial charge in [0.1, 0.15) is 11.6 Å². The first-order valence-electron chi connectivity index (χ1n) is 16.6. The van der Waals surface area contributed by atoms with Crippen molar-refractivity contribution in [2.45, 2.75) is 0 Å². The smallest absolute Gasteiger partial charge is 0.423 e. The molecule has 0 aliphatic heterocycles. The SMILES string of the molecule is Clc1nc(-c2ccccc2)nc(-c2ccccc2)n1.Fc1ccccc1-c1nc(-c2ccccc2)nc(-c2ccccc2)n1.OB(O)c1ccccc1F. The van der Waals surface area contributed by atoms with Crippen molar-refractivity contribution < 1.29 is 18.8 Å². The molecule has 54 heavy (non-hydrogen) atoms. The van der Waals surface area contributed by atoms with E-state index in [-0.39, 0.29) is 16.6 Å². The third-order valence-corrected chi connectivity index (χ3v) is 7.84. The molecular formula is C42H30BClF2N6O2. The number of halogens is 3. The van der Waals surface area contributed by atoms with Crippen molar-refractivity contribution in [3.63, 3.8) is 0 Å². The molecule has 6 aromatic carbocycles. The van der Waals surface area contributed by atoms with Gasteiger partial charge in [-0.15, -0.1) is 0 Å². The topological polar surface area (TPSA) is 118 Å². The Hall–Kier alpha value is -6.53. The van der Waals surface area contributed by atoms with E-state index in [1.54, 1.807) is 18.2 Å².